The van der Waals surface area contributed by atoms with Gasteiger partial charge < -0.3 is 20.3 Å². The fraction of sp³-hybridized carbons (Fsp3) is 0.167. The normalized spacial score (nSPS) is 10.3. The van der Waals surface area contributed by atoms with Crippen molar-refractivity contribution in [1.29, 1.82) is 0 Å². The molecular weight excluding hydrogens is 236 g/mol. The number of nitrogens with zero attached hydrogens (tertiary/aromatic N) is 1. The summed E-state index contributed by atoms with van der Waals surface area (Å²) < 4.78 is 10.3. The van der Waals surface area contributed by atoms with Gasteiger partial charge in [-0.1, -0.05) is 0 Å². The molecule has 0 radical (unpaired) electrons. The second-order valence-corrected chi connectivity index (χ2v) is 3.63. The van der Waals surface area contributed by atoms with E-state index in [0.29, 0.717) is 28.1 Å². The Morgan fingerprint density at radius 2 is 2.00 bits per heavy atom. The molecule has 0 amide bonds. The van der Waals surface area contributed by atoms with Crippen molar-refractivity contribution in [2.45, 2.75) is 0 Å². The molecule has 0 atom stereocenters. The SMILES string of the molecule is COc1cc(OC)c2nc(C(=O)O)cc(N)c2c1. The van der Waals surface area contributed by atoms with Crippen LogP contribution in [0.3, 0.4) is 0 Å². The standard InChI is InChI=1S/C12H12N2O4/c1-17-6-3-7-8(13)5-9(12(15)16)14-11(7)10(4-6)18-2/h3-5H,1-2H3,(H2,13,14)(H,15,16). The molecular formula is C12H12N2O4. The van der Waals surface area contributed by atoms with Crippen LogP contribution in [0, 0.1) is 0 Å². The lowest BCUT2D eigenvalue weighted by molar-refractivity contribution is 0.0691. The van der Waals surface area contributed by atoms with E-state index in [-0.39, 0.29) is 5.69 Å². The van der Waals surface area contributed by atoms with Crippen LogP contribution >= 0.6 is 0 Å². The van der Waals surface area contributed by atoms with Crippen LogP contribution in [0.1, 0.15) is 10.5 Å². The maximum absolute atomic E-state index is 10.9. The Morgan fingerprint density at radius 1 is 1.28 bits per heavy atom. The number of aromatic carboxylic acids is 1. The van der Waals surface area contributed by atoms with E-state index in [4.69, 9.17) is 20.3 Å². The molecule has 94 valence electrons. The molecule has 0 aliphatic heterocycles. The largest absolute Gasteiger partial charge is 0.497 e. The molecule has 0 bridgehead atoms. The number of anilines is 1. The third-order valence-corrected chi connectivity index (χ3v) is 2.56. The molecule has 0 aliphatic rings. The van der Waals surface area contributed by atoms with Gasteiger partial charge in [0.05, 0.1) is 14.2 Å². The Labute approximate surface area is 103 Å². The van der Waals surface area contributed by atoms with Gasteiger partial charge in [0.25, 0.3) is 0 Å². The second kappa shape index (κ2) is 4.40. The van der Waals surface area contributed by atoms with Crippen molar-refractivity contribution in [2.75, 3.05) is 20.0 Å². The maximum atomic E-state index is 10.9. The molecule has 6 nitrogen and oxygen atoms in total. The van der Waals surface area contributed by atoms with Crippen LogP contribution in [0.2, 0.25) is 0 Å². The highest BCUT2D eigenvalue weighted by Gasteiger charge is 2.14. The molecule has 1 aromatic heterocycles. The molecule has 0 saturated heterocycles. The summed E-state index contributed by atoms with van der Waals surface area (Å²) in [6.45, 7) is 0. The van der Waals surface area contributed by atoms with Crippen molar-refractivity contribution in [3.05, 3.63) is 23.9 Å². The molecule has 2 rings (SSSR count). The Morgan fingerprint density at radius 3 is 2.56 bits per heavy atom. The number of carboxylic acids is 1. The number of nitrogen functional groups attached to an aromatic ring is 1. The van der Waals surface area contributed by atoms with E-state index in [1.54, 1.807) is 12.1 Å². The lowest BCUT2D eigenvalue weighted by Gasteiger charge is -2.10. The van der Waals surface area contributed by atoms with E-state index in [1.165, 1.54) is 20.3 Å². The molecule has 0 fully saturated rings. The molecule has 2 aromatic rings. The average molecular weight is 248 g/mol. The second-order valence-electron chi connectivity index (χ2n) is 3.63. The van der Waals surface area contributed by atoms with Crippen molar-refractivity contribution in [3.8, 4) is 11.5 Å². The quantitative estimate of drug-likeness (QED) is 0.855. The fourth-order valence-corrected chi connectivity index (χ4v) is 1.68. The third kappa shape index (κ3) is 1.88. The van der Waals surface area contributed by atoms with Crippen LogP contribution < -0.4 is 15.2 Å². The van der Waals surface area contributed by atoms with Crippen LogP contribution in [0.15, 0.2) is 18.2 Å². The minimum absolute atomic E-state index is 0.122. The van der Waals surface area contributed by atoms with Crippen molar-refractivity contribution in [3.63, 3.8) is 0 Å². The third-order valence-electron chi connectivity index (χ3n) is 2.56. The van der Waals surface area contributed by atoms with Crippen LogP contribution in [0.5, 0.6) is 11.5 Å². The maximum Gasteiger partial charge on any atom is 0.354 e. The minimum atomic E-state index is -1.14. The van der Waals surface area contributed by atoms with Gasteiger partial charge in [-0.2, -0.15) is 0 Å². The van der Waals surface area contributed by atoms with E-state index in [1.807, 2.05) is 0 Å². The van der Waals surface area contributed by atoms with E-state index in [2.05, 4.69) is 4.98 Å². The highest BCUT2D eigenvalue weighted by Crippen LogP contribution is 2.33. The van der Waals surface area contributed by atoms with Crippen LogP contribution in [-0.2, 0) is 0 Å². The van der Waals surface area contributed by atoms with Crippen molar-refractivity contribution < 1.29 is 19.4 Å². The van der Waals surface area contributed by atoms with Gasteiger partial charge in [-0.3, -0.25) is 0 Å². The smallest absolute Gasteiger partial charge is 0.354 e. The predicted molar refractivity (Wildman–Crippen MR) is 66.2 cm³/mol. The summed E-state index contributed by atoms with van der Waals surface area (Å²) in [5.41, 5.74) is 6.42. The zero-order valence-electron chi connectivity index (χ0n) is 9.93. The van der Waals surface area contributed by atoms with Crippen molar-refractivity contribution in [2.24, 2.45) is 0 Å². The number of carboxylic acid groups (broad SMARTS) is 1. The Kier molecular flexibility index (Phi) is 2.93. The van der Waals surface area contributed by atoms with Gasteiger partial charge in [0.2, 0.25) is 0 Å². The lowest BCUT2D eigenvalue weighted by Crippen LogP contribution is -2.03. The van der Waals surface area contributed by atoms with Crippen LogP contribution in [-0.4, -0.2) is 30.3 Å². The number of nitrogens with two attached hydrogens (primary N) is 1. The van der Waals surface area contributed by atoms with Gasteiger partial charge in [-0.25, -0.2) is 9.78 Å². The first kappa shape index (κ1) is 12.0. The van der Waals surface area contributed by atoms with Gasteiger partial charge in [0, 0.05) is 17.1 Å². The number of methoxy groups -OCH3 is 2. The Balaban J connectivity index is 2.82. The molecule has 3 N–H and O–H groups in total. The zero-order chi connectivity index (χ0) is 13.3. The van der Waals surface area contributed by atoms with Gasteiger partial charge >= 0.3 is 5.97 Å². The summed E-state index contributed by atoms with van der Waals surface area (Å²) >= 11 is 0. The summed E-state index contributed by atoms with van der Waals surface area (Å²) in [7, 11) is 3.00. The first-order valence-electron chi connectivity index (χ1n) is 5.12. The van der Waals surface area contributed by atoms with Crippen LogP contribution in [0.4, 0.5) is 5.69 Å². The molecule has 0 saturated carbocycles. The molecule has 18 heavy (non-hydrogen) atoms. The number of hydrogen-bond donors (Lipinski definition) is 2. The zero-order valence-corrected chi connectivity index (χ0v) is 9.93. The highest BCUT2D eigenvalue weighted by atomic mass is 16.5. The van der Waals surface area contributed by atoms with Crippen LogP contribution in [0.25, 0.3) is 10.9 Å². The predicted octanol–water partition coefficient (Wildman–Crippen LogP) is 1.53. The minimum Gasteiger partial charge on any atom is -0.497 e. The lowest BCUT2D eigenvalue weighted by atomic mass is 10.1. The summed E-state index contributed by atoms with van der Waals surface area (Å²) in [4.78, 5) is 15.0. The molecule has 0 aliphatic carbocycles. The van der Waals surface area contributed by atoms with E-state index in [9.17, 15) is 4.79 Å². The number of pyridine rings is 1. The van der Waals surface area contributed by atoms with Crippen molar-refractivity contribution in [1.82, 2.24) is 4.98 Å². The van der Waals surface area contributed by atoms with Gasteiger partial charge in [0.1, 0.15) is 17.0 Å². The number of fused-ring (bicyclic) bond motifs is 1. The molecule has 1 aromatic carbocycles. The molecule has 0 spiro atoms. The number of aromatic nitrogens is 1. The van der Waals surface area contributed by atoms with Crippen molar-refractivity contribution >= 4 is 22.6 Å². The van der Waals surface area contributed by atoms with E-state index >= 15 is 0 Å². The van der Waals surface area contributed by atoms with Gasteiger partial charge in [-0.05, 0) is 12.1 Å². The number of rotatable bonds is 3. The Hall–Kier alpha value is -2.50. The average Bonchev–Trinajstić information content (AvgIpc) is 2.37. The first-order chi connectivity index (χ1) is 8.56. The summed E-state index contributed by atoms with van der Waals surface area (Å²) in [5, 5.41) is 9.54. The fourth-order valence-electron chi connectivity index (χ4n) is 1.68. The monoisotopic (exact) mass is 248 g/mol. The number of ether oxygens (including phenoxy) is 2. The topological polar surface area (TPSA) is 94.7 Å². The number of carbonyl (C=O) groups is 1. The van der Waals surface area contributed by atoms with E-state index < -0.39 is 5.97 Å². The molecule has 0 unspecified atom stereocenters. The van der Waals surface area contributed by atoms with E-state index in [0.717, 1.165) is 0 Å². The summed E-state index contributed by atoms with van der Waals surface area (Å²) in [6, 6.07) is 4.62. The first-order valence-corrected chi connectivity index (χ1v) is 5.12. The number of hydrogen-bond acceptors (Lipinski definition) is 5. The Bertz CT molecular complexity index is 625. The molecule has 1 heterocycles. The summed E-state index contributed by atoms with van der Waals surface area (Å²) in [6.07, 6.45) is 0. The van der Waals surface area contributed by atoms with Gasteiger partial charge in [0.15, 0.2) is 5.69 Å². The highest BCUT2D eigenvalue weighted by molar-refractivity contribution is 5.99. The summed E-state index contributed by atoms with van der Waals surface area (Å²) in [5.74, 6) is -0.156. The molecule has 6 heteroatoms. The number of benzene rings is 1. The van der Waals surface area contributed by atoms with Gasteiger partial charge in [-0.15, -0.1) is 0 Å².